The van der Waals surface area contributed by atoms with Crippen LogP contribution >= 0.6 is 0 Å². The third-order valence-electron chi connectivity index (χ3n) is 5.56. The molecule has 0 radical (unpaired) electrons. The fourth-order valence-electron chi connectivity index (χ4n) is 3.81. The number of nitrogens with zero attached hydrogens (tertiary/aromatic N) is 2. The Hall–Kier alpha value is -1.81. The molecule has 1 saturated heterocycles. The minimum absolute atomic E-state index is 0.258. The molecule has 2 aliphatic rings. The highest BCUT2D eigenvalue weighted by Crippen LogP contribution is 2.35. The van der Waals surface area contributed by atoms with Crippen molar-refractivity contribution in [2.24, 2.45) is 5.92 Å². The van der Waals surface area contributed by atoms with Crippen LogP contribution in [0.2, 0.25) is 0 Å². The number of hydrogen-bond donors (Lipinski definition) is 1. The maximum atomic E-state index is 12.6. The zero-order chi connectivity index (χ0) is 15.8. The zero-order valence-electron chi connectivity index (χ0n) is 13.8. The summed E-state index contributed by atoms with van der Waals surface area (Å²) >= 11 is 0. The second-order valence-electron chi connectivity index (χ2n) is 7.03. The molecule has 2 fully saturated rings. The second-order valence-corrected chi connectivity index (χ2v) is 7.03. The fraction of sp³-hybridized carbons (Fsp3) is 0.526. The fourth-order valence-corrected chi connectivity index (χ4v) is 3.81. The molecule has 1 saturated carbocycles. The summed E-state index contributed by atoms with van der Waals surface area (Å²) in [5.74, 6) is 1.16. The predicted molar refractivity (Wildman–Crippen MR) is 92.3 cm³/mol. The summed E-state index contributed by atoms with van der Waals surface area (Å²) in [5, 5.41) is 1.17. The van der Waals surface area contributed by atoms with E-state index in [2.05, 4.69) is 28.9 Å². The largest absolute Gasteiger partial charge is 0.361 e. The number of para-hydroxylation sites is 1. The van der Waals surface area contributed by atoms with E-state index in [0.717, 1.165) is 43.2 Å². The van der Waals surface area contributed by atoms with Crippen molar-refractivity contribution in [3.05, 3.63) is 36.0 Å². The SMILES string of the molecule is CC(C1CC1)N1CCN(C(=O)Cc2c[nH]c3ccccc23)CC1. The molecular formula is C19H25N3O. The average molecular weight is 311 g/mol. The Morgan fingerprint density at radius 1 is 1.22 bits per heavy atom. The minimum atomic E-state index is 0.258. The Morgan fingerprint density at radius 2 is 1.96 bits per heavy atom. The van der Waals surface area contributed by atoms with Gasteiger partial charge in [0.15, 0.2) is 0 Å². The molecule has 23 heavy (non-hydrogen) atoms. The number of carbonyl (C=O) groups excluding carboxylic acids is 1. The Bertz CT molecular complexity index is 695. The van der Waals surface area contributed by atoms with Crippen LogP contribution in [-0.4, -0.2) is 52.9 Å². The molecule has 2 aromatic rings. The Balaban J connectivity index is 1.36. The maximum Gasteiger partial charge on any atom is 0.227 e. The van der Waals surface area contributed by atoms with Gasteiger partial charge in [0.2, 0.25) is 5.91 Å². The average Bonchev–Trinajstić information content (AvgIpc) is 3.37. The van der Waals surface area contributed by atoms with E-state index in [1.807, 2.05) is 23.2 Å². The van der Waals surface area contributed by atoms with Crippen molar-refractivity contribution in [1.29, 1.82) is 0 Å². The lowest BCUT2D eigenvalue weighted by atomic mass is 10.1. The molecule has 1 aliphatic carbocycles. The standard InChI is InChI=1S/C19H25N3O/c1-14(15-6-7-15)21-8-10-22(11-9-21)19(23)12-16-13-20-18-5-3-2-4-17(16)18/h2-5,13-15,20H,6-12H2,1H3. The van der Waals surface area contributed by atoms with Crippen LogP contribution in [0.5, 0.6) is 0 Å². The normalized spacial score (nSPS) is 20.8. The van der Waals surface area contributed by atoms with Crippen LogP contribution in [-0.2, 0) is 11.2 Å². The van der Waals surface area contributed by atoms with Crippen molar-refractivity contribution in [2.75, 3.05) is 26.2 Å². The lowest BCUT2D eigenvalue weighted by Gasteiger charge is -2.38. The number of H-pyrrole nitrogens is 1. The van der Waals surface area contributed by atoms with Crippen molar-refractivity contribution in [3.8, 4) is 0 Å². The van der Waals surface area contributed by atoms with Gasteiger partial charge in [0.1, 0.15) is 0 Å². The zero-order valence-corrected chi connectivity index (χ0v) is 13.8. The number of fused-ring (bicyclic) bond motifs is 1. The van der Waals surface area contributed by atoms with Gasteiger partial charge in [0.05, 0.1) is 6.42 Å². The molecule has 0 bridgehead atoms. The number of benzene rings is 1. The number of carbonyl (C=O) groups is 1. The third-order valence-corrected chi connectivity index (χ3v) is 5.56. The number of aromatic nitrogens is 1. The van der Waals surface area contributed by atoms with Gasteiger partial charge >= 0.3 is 0 Å². The van der Waals surface area contributed by atoms with E-state index < -0.39 is 0 Å². The van der Waals surface area contributed by atoms with E-state index in [-0.39, 0.29) is 5.91 Å². The van der Waals surface area contributed by atoms with Gasteiger partial charge in [-0.15, -0.1) is 0 Å². The molecule has 4 rings (SSSR count). The van der Waals surface area contributed by atoms with Crippen LogP contribution in [0.3, 0.4) is 0 Å². The molecule has 1 aromatic heterocycles. The van der Waals surface area contributed by atoms with Crippen LogP contribution in [0.15, 0.2) is 30.5 Å². The molecular weight excluding hydrogens is 286 g/mol. The first kappa shape index (κ1) is 14.8. The van der Waals surface area contributed by atoms with E-state index in [0.29, 0.717) is 12.5 Å². The summed E-state index contributed by atoms with van der Waals surface area (Å²) in [4.78, 5) is 20.5. The van der Waals surface area contributed by atoms with Gasteiger partial charge < -0.3 is 9.88 Å². The highest BCUT2D eigenvalue weighted by atomic mass is 16.2. The summed E-state index contributed by atoms with van der Waals surface area (Å²) in [5.41, 5.74) is 2.22. The molecule has 0 spiro atoms. The van der Waals surface area contributed by atoms with E-state index in [9.17, 15) is 4.79 Å². The number of piperazine rings is 1. The highest BCUT2D eigenvalue weighted by Gasteiger charge is 2.33. The number of nitrogens with one attached hydrogen (secondary N) is 1. The van der Waals surface area contributed by atoms with Gasteiger partial charge in [-0.2, -0.15) is 0 Å². The van der Waals surface area contributed by atoms with Gasteiger partial charge in [-0.05, 0) is 37.3 Å². The lowest BCUT2D eigenvalue weighted by Crippen LogP contribution is -2.52. The lowest BCUT2D eigenvalue weighted by molar-refractivity contribution is -0.132. The Morgan fingerprint density at radius 3 is 2.70 bits per heavy atom. The number of hydrogen-bond acceptors (Lipinski definition) is 2. The molecule has 1 atom stereocenters. The van der Waals surface area contributed by atoms with Crippen molar-refractivity contribution in [2.45, 2.75) is 32.2 Å². The molecule has 1 aliphatic heterocycles. The first-order valence-electron chi connectivity index (χ1n) is 8.79. The van der Waals surface area contributed by atoms with Crippen LogP contribution in [0.25, 0.3) is 10.9 Å². The van der Waals surface area contributed by atoms with Crippen molar-refractivity contribution in [3.63, 3.8) is 0 Å². The van der Waals surface area contributed by atoms with E-state index in [4.69, 9.17) is 0 Å². The number of rotatable bonds is 4. The first-order valence-corrected chi connectivity index (χ1v) is 8.79. The van der Waals surface area contributed by atoms with E-state index in [1.54, 1.807) is 0 Å². The highest BCUT2D eigenvalue weighted by molar-refractivity contribution is 5.88. The van der Waals surface area contributed by atoms with Crippen LogP contribution in [0, 0.1) is 5.92 Å². The third kappa shape index (κ3) is 3.00. The molecule has 1 unspecified atom stereocenters. The maximum absolute atomic E-state index is 12.6. The van der Waals surface area contributed by atoms with Gasteiger partial charge in [-0.3, -0.25) is 9.69 Å². The summed E-state index contributed by atoms with van der Waals surface area (Å²) in [6, 6.07) is 8.89. The van der Waals surface area contributed by atoms with Crippen molar-refractivity contribution >= 4 is 16.8 Å². The molecule has 4 heteroatoms. The van der Waals surface area contributed by atoms with Gasteiger partial charge in [-0.1, -0.05) is 18.2 Å². The summed E-state index contributed by atoms with van der Waals surface area (Å²) < 4.78 is 0. The molecule has 122 valence electrons. The number of amides is 1. The smallest absolute Gasteiger partial charge is 0.227 e. The summed E-state index contributed by atoms with van der Waals surface area (Å²) in [6.07, 6.45) is 5.26. The topological polar surface area (TPSA) is 39.3 Å². The Labute approximate surface area is 137 Å². The van der Waals surface area contributed by atoms with Gasteiger partial charge in [0.25, 0.3) is 0 Å². The van der Waals surface area contributed by atoms with E-state index in [1.165, 1.54) is 18.2 Å². The van der Waals surface area contributed by atoms with Crippen molar-refractivity contribution in [1.82, 2.24) is 14.8 Å². The second kappa shape index (κ2) is 6.00. The number of aromatic amines is 1. The minimum Gasteiger partial charge on any atom is -0.361 e. The predicted octanol–water partition coefficient (Wildman–Crippen LogP) is 2.65. The van der Waals surface area contributed by atoms with Crippen LogP contribution < -0.4 is 0 Å². The summed E-state index contributed by atoms with van der Waals surface area (Å²) in [6.45, 7) is 6.15. The molecule has 1 aromatic carbocycles. The Kier molecular flexibility index (Phi) is 3.85. The van der Waals surface area contributed by atoms with Crippen LogP contribution in [0.1, 0.15) is 25.3 Å². The summed E-state index contributed by atoms with van der Waals surface area (Å²) in [7, 11) is 0. The quantitative estimate of drug-likeness (QED) is 0.943. The van der Waals surface area contributed by atoms with Gasteiger partial charge in [-0.25, -0.2) is 0 Å². The van der Waals surface area contributed by atoms with Crippen LogP contribution in [0.4, 0.5) is 0 Å². The van der Waals surface area contributed by atoms with Crippen molar-refractivity contribution < 1.29 is 4.79 Å². The molecule has 1 amide bonds. The van der Waals surface area contributed by atoms with E-state index >= 15 is 0 Å². The molecule has 2 heterocycles. The monoisotopic (exact) mass is 311 g/mol. The van der Waals surface area contributed by atoms with Gasteiger partial charge in [0, 0.05) is 49.3 Å². The molecule has 1 N–H and O–H groups in total. The first-order chi connectivity index (χ1) is 11.2. The molecule has 4 nitrogen and oxygen atoms in total.